The third kappa shape index (κ3) is 3.05. The van der Waals surface area contributed by atoms with Gasteiger partial charge >= 0.3 is 0 Å². The molecule has 0 fully saturated rings. The van der Waals surface area contributed by atoms with Crippen molar-refractivity contribution < 1.29 is 9.15 Å². The first-order valence-electron chi connectivity index (χ1n) is 6.03. The Kier molecular flexibility index (Phi) is 4.26. The number of nitrogens with zero attached hydrogens (tertiary/aromatic N) is 1. The van der Waals surface area contributed by atoms with Gasteiger partial charge in [0.2, 0.25) is 5.89 Å². The number of ether oxygens (including phenoxy) is 1. The fourth-order valence-corrected chi connectivity index (χ4v) is 1.66. The first-order chi connectivity index (χ1) is 8.70. The maximum Gasteiger partial charge on any atom is 0.212 e. The lowest BCUT2D eigenvalue weighted by atomic mass is 10.2. The SMILES string of the molecule is CCCOc1cccc(-c2cnc(C(C)Cl)o2)c1. The molecule has 4 heteroatoms. The van der Waals surface area contributed by atoms with Crippen molar-refractivity contribution in [3.05, 3.63) is 36.4 Å². The molecule has 18 heavy (non-hydrogen) atoms. The van der Waals surface area contributed by atoms with E-state index in [1.807, 2.05) is 31.2 Å². The van der Waals surface area contributed by atoms with Gasteiger partial charge in [0.25, 0.3) is 0 Å². The summed E-state index contributed by atoms with van der Waals surface area (Å²) in [5.74, 6) is 2.08. The standard InChI is InChI=1S/C14H16ClNO2/c1-3-7-17-12-6-4-5-11(8-12)13-9-16-14(18-13)10(2)15/h4-6,8-10H,3,7H2,1-2H3. The van der Waals surface area contributed by atoms with Crippen molar-refractivity contribution >= 4 is 11.6 Å². The summed E-state index contributed by atoms with van der Waals surface area (Å²) in [5, 5.41) is -0.224. The van der Waals surface area contributed by atoms with E-state index in [-0.39, 0.29) is 5.38 Å². The van der Waals surface area contributed by atoms with Crippen LogP contribution in [0.5, 0.6) is 5.75 Å². The van der Waals surface area contributed by atoms with Crippen LogP contribution in [0.4, 0.5) is 0 Å². The Morgan fingerprint density at radius 3 is 2.94 bits per heavy atom. The number of rotatable bonds is 5. The molecule has 1 unspecified atom stereocenters. The molecule has 0 aliphatic heterocycles. The van der Waals surface area contributed by atoms with Gasteiger partial charge in [-0.25, -0.2) is 4.98 Å². The van der Waals surface area contributed by atoms with Crippen molar-refractivity contribution in [3.8, 4) is 17.1 Å². The van der Waals surface area contributed by atoms with E-state index >= 15 is 0 Å². The molecular weight excluding hydrogens is 250 g/mol. The molecule has 1 aromatic carbocycles. The molecule has 1 heterocycles. The van der Waals surface area contributed by atoms with Crippen LogP contribution < -0.4 is 4.74 Å². The zero-order valence-corrected chi connectivity index (χ0v) is 11.3. The van der Waals surface area contributed by atoms with E-state index in [0.717, 1.165) is 17.7 Å². The van der Waals surface area contributed by atoms with Crippen molar-refractivity contribution in [2.45, 2.75) is 25.6 Å². The number of benzene rings is 1. The van der Waals surface area contributed by atoms with Crippen LogP contribution in [0.1, 0.15) is 31.5 Å². The van der Waals surface area contributed by atoms with Crippen LogP contribution in [0.3, 0.4) is 0 Å². The van der Waals surface area contributed by atoms with Crippen molar-refractivity contribution in [3.63, 3.8) is 0 Å². The molecule has 0 saturated carbocycles. The number of hydrogen-bond acceptors (Lipinski definition) is 3. The fourth-order valence-electron chi connectivity index (χ4n) is 1.56. The first-order valence-corrected chi connectivity index (χ1v) is 6.47. The number of halogens is 1. The summed E-state index contributed by atoms with van der Waals surface area (Å²) in [5.41, 5.74) is 0.944. The Balaban J connectivity index is 2.21. The molecule has 0 aliphatic rings. The van der Waals surface area contributed by atoms with E-state index in [0.29, 0.717) is 18.3 Å². The number of alkyl halides is 1. The van der Waals surface area contributed by atoms with Gasteiger partial charge in [-0.3, -0.25) is 0 Å². The minimum absolute atomic E-state index is 0.224. The van der Waals surface area contributed by atoms with Crippen molar-refractivity contribution in [1.82, 2.24) is 4.98 Å². The normalized spacial score (nSPS) is 12.4. The van der Waals surface area contributed by atoms with Gasteiger partial charge in [0, 0.05) is 5.56 Å². The molecule has 0 saturated heterocycles. The van der Waals surface area contributed by atoms with Gasteiger partial charge in [-0.1, -0.05) is 19.1 Å². The van der Waals surface area contributed by atoms with Gasteiger partial charge in [0.1, 0.15) is 11.1 Å². The minimum Gasteiger partial charge on any atom is -0.494 e. The molecule has 1 atom stereocenters. The topological polar surface area (TPSA) is 35.3 Å². The Morgan fingerprint density at radius 1 is 1.44 bits per heavy atom. The molecule has 0 N–H and O–H groups in total. The van der Waals surface area contributed by atoms with E-state index in [1.165, 1.54) is 0 Å². The van der Waals surface area contributed by atoms with E-state index < -0.39 is 0 Å². The summed E-state index contributed by atoms with van der Waals surface area (Å²) >= 11 is 5.92. The summed E-state index contributed by atoms with van der Waals surface area (Å²) in [4.78, 5) is 4.14. The van der Waals surface area contributed by atoms with Crippen LogP contribution in [-0.4, -0.2) is 11.6 Å². The molecule has 2 aromatic rings. The highest BCUT2D eigenvalue weighted by molar-refractivity contribution is 6.20. The third-order valence-corrected chi connectivity index (χ3v) is 2.64. The minimum atomic E-state index is -0.224. The van der Waals surface area contributed by atoms with Crippen molar-refractivity contribution in [2.75, 3.05) is 6.61 Å². The number of oxazole rings is 1. The lowest BCUT2D eigenvalue weighted by Crippen LogP contribution is -1.94. The van der Waals surface area contributed by atoms with Gasteiger partial charge in [0.05, 0.1) is 12.8 Å². The molecule has 0 radical (unpaired) electrons. The maximum atomic E-state index is 5.92. The van der Waals surface area contributed by atoms with Crippen LogP contribution in [0.25, 0.3) is 11.3 Å². The van der Waals surface area contributed by atoms with Gasteiger partial charge < -0.3 is 9.15 Å². The summed E-state index contributed by atoms with van der Waals surface area (Å²) in [6, 6.07) is 7.77. The Labute approximate surface area is 112 Å². The van der Waals surface area contributed by atoms with Gasteiger partial charge in [-0.05, 0) is 25.5 Å². The highest BCUT2D eigenvalue weighted by Gasteiger charge is 2.11. The molecule has 0 aliphatic carbocycles. The van der Waals surface area contributed by atoms with Crippen LogP contribution in [0.2, 0.25) is 0 Å². The van der Waals surface area contributed by atoms with Crippen molar-refractivity contribution in [2.24, 2.45) is 0 Å². The van der Waals surface area contributed by atoms with Crippen LogP contribution in [0, 0.1) is 0 Å². The second kappa shape index (κ2) is 5.91. The van der Waals surface area contributed by atoms with Gasteiger partial charge in [-0.15, -0.1) is 11.6 Å². The summed E-state index contributed by atoms with van der Waals surface area (Å²) in [6.45, 7) is 4.62. The zero-order chi connectivity index (χ0) is 13.0. The average Bonchev–Trinajstić information content (AvgIpc) is 2.86. The summed E-state index contributed by atoms with van der Waals surface area (Å²) < 4.78 is 11.2. The van der Waals surface area contributed by atoms with Crippen molar-refractivity contribution in [1.29, 1.82) is 0 Å². The van der Waals surface area contributed by atoms with Gasteiger partial charge in [0.15, 0.2) is 5.76 Å². The van der Waals surface area contributed by atoms with E-state index in [4.69, 9.17) is 20.8 Å². The summed E-state index contributed by atoms with van der Waals surface area (Å²) in [6.07, 6.45) is 2.67. The first kappa shape index (κ1) is 13.0. The second-order valence-corrected chi connectivity index (χ2v) is 4.71. The molecule has 3 nitrogen and oxygen atoms in total. The van der Waals surface area contributed by atoms with E-state index in [9.17, 15) is 0 Å². The monoisotopic (exact) mass is 265 g/mol. The molecule has 1 aromatic heterocycles. The largest absolute Gasteiger partial charge is 0.494 e. The molecule has 2 rings (SSSR count). The number of aromatic nitrogens is 1. The third-order valence-electron chi connectivity index (χ3n) is 2.46. The Bertz CT molecular complexity index is 508. The Morgan fingerprint density at radius 2 is 2.28 bits per heavy atom. The highest BCUT2D eigenvalue weighted by atomic mass is 35.5. The zero-order valence-electron chi connectivity index (χ0n) is 10.5. The van der Waals surface area contributed by atoms with Crippen LogP contribution in [-0.2, 0) is 0 Å². The lowest BCUT2D eigenvalue weighted by Gasteiger charge is -2.05. The fraction of sp³-hybridized carbons (Fsp3) is 0.357. The molecule has 96 valence electrons. The quantitative estimate of drug-likeness (QED) is 0.750. The number of hydrogen-bond donors (Lipinski definition) is 0. The molecule has 0 amide bonds. The van der Waals surface area contributed by atoms with Crippen LogP contribution in [0.15, 0.2) is 34.9 Å². The average molecular weight is 266 g/mol. The smallest absolute Gasteiger partial charge is 0.212 e. The molecule has 0 spiro atoms. The lowest BCUT2D eigenvalue weighted by molar-refractivity contribution is 0.317. The molecular formula is C14H16ClNO2. The highest BCUT2D eigenvalue weighted by Crippen LogP contribution is 2.27. The summed E-state index contributed by atoms with van der Waals surface area (Å²) in [7, 11) is 0. The van der Waals surface area contributed by atoms with E-state index in [2.05, 4.69) is 11.9 Å². The van der Waals surface area contributed by atoms with E-state index in [1.54, 1.807) is 6.20 Å². The van der Waals surface area contributed by atoms with Crippen LogP contribution >= 0.6 is 11.6 Å². The molecule has 0 bridgehead atoms. The van der Waals surface area contributed by atoms with Gasteiger partial charge in [-0.2, -0.15) is 0 Å². The maximum absolute atomic E-state index is 5.92. The second-order valence-electron chi connectivity index (χ2n) is 4.06. The Hall–Kier alpha value is -1.48. The predicted octanol–water partition coefficient (Wildman–Crippen LogP) is 4.43. The predicted molar refractivity (Wildman–Crippen MR) is 72.0 cm³/mol.